The Morgan fingerprint density at radius 3 is 2.61 bits per heavy atom. The lowest BCUT2D eigenvalue weighted by Crippen LogP contribution is -2.11. The van der Waals surface area contributed by atoms with Crippen LogP contribution in [0.3, 0.4) is 0 Å². The molecule has 0 radical (unpaired) electrons. The number of nitrogens with zero attached hydrogens (tertiary/aromatic N) is 1. The molecular formula is C15H22N2O. The predicted octanol–water partition coefficient (Wildman–Crippen LogP) is 3.03. The van der Waals surface area contributed by atoms with E-state index in [0.29, 0.717) is 5.92 Å². The van der Waals surface area contributed by atoms with Gasteiger partial charge in [-0.1, -0.05) is 26.0 Å². The molecule has 1 aromatic heterocycles. The van der Waals surface area contributed by atoms with Gasteiger partial charge >= 0.3 is 0 Å². The van der Waals surface area contributed by atoms with Crippen LogP contribution in [-0.4, -0.2) is 18.7 Å². The average molecular weight is 246 g/mol. The summed E-state index contributed by atoms with van der Waals surface area (Å²) in [6.07, 6.45) is 0. The second-order valence-electron chi connectivity index (χ2n) is 4.96. The topological polar surface area (TPSA) is 26.2 Å². The highest BCUT2D eigenvalue weighted by atomic mass is 16.5. The molecule has 0 atom stereocenters. The summed E-state index contributed by atoms with van der Waals surface area (Å²) in [5, 5.41) is 4.56. The lowest BCUT2D eigenvalue weighted by Gasteiger charge is -2.10. The molecule has 0 aliphatic carbocycles. The van der Waals surface area contributed by atoms with Crippen molar-refractivity contribution in [3.05, 3.63) is 29.5 Å². The minimum Gasteiger partial charge on any atom is -0.495 e. The number of para-hydroxylation sites is 1. The van der Waals surface area contributed by atoms with Crippen molar-refractivity contribution < 1.29 is 4.74 Å². The van der Waals surface area contributed by atoms with Crippen molar-refractivity contribution in [2.75, 3.05) is 14.2 Å². The minimum atomic E-state index is 0.504. The van der Waals surface area contributed by atoms with Gasteiger partial charge in [0.05, 0.1) is 12.6 Å². The monoisotopic (exact) mass is 246 g/mol. The Morgan fingerprint density at radius 1 is 1.33 bits per heavy atom. The maximum atomic E-state index is 5.49. The van der Waals surface area contributed by atoms with Crippen molar-refractivity contribution in [1.82, 2.24) is 9.88 Å². The number of benzene rings is 1. The number of nitrogens with one attached hydrogen (secondary N) is 1. The van der Waals surface area contributed by atoms with Gasteiger partial charge in [0.2, 0.25) is 0 Å². The minimum absolute atomic E-state index is 0.504. The van der Waals surface area contributed by atoms with Crippen LogP contribution in [-0.2, 0) is 13.6 Å². The summed E-state index contributed by atoms with van der Waals surface area (Å²) in [7, 11) is 5.83. The molecule has 18 heavy (non-hydrogen) atoms. The van der Waals surface area contributed by atoms with E-state index in [1.165, 1.54) is 22.2 Å². The third-order valence-electron chi connectivity index (χ3n) is 3.48. The second-order valence-corrected chi connectivity index (χ2v) is 4.96. The molecule has 3 heteroatoms. The summed E-state index contributed by atoms with van der Waals surface area (Å²) in [4.78, 5) is 0. The summed E-state index contributed by atoms with van der Waals surface area (Å²) in [5.74, 6) is 1.45. The molecule has 0 fully saturated rings. The highest BCUT2D eigenvalue weighted by Crippen LogP contribution is 2.35. The largest absolute Gasteiger partial charge is 0.495 e. The number of hydrogen-bond acceptors (Lipinski definition) is 2. The number of ether oxygens (including phenoxy) is 1. The third-order valence-corrected chi connectivity index (χ3v) is 3.48. The molecule has 0 saturated carbocycles. The molecule has 98 valence electrons. The predicted molar refractivity (Wildman–Crippen MR) is 76.3 cm³/mol. The van der Waals surface area contributed by atoms with Gasteiger partial charge in [0.15, 0.2) is 0 Å². The zero-order valence-electron chi connectivity index (χ0n) is 11.9. The zero-order valence-corrected chi connectivity index (χ0v) is 11.9. The SMILES string of the molecule is CNCc1c(C(C)C)c2cccc(OC)c2n1C. The standard InChI is InChI=1S/C15H22N2O/c1-10(2)14-11-7-6-8-13(18-5)15(11)17(4)12(14)9-16-3/h6-8,10,16H,9H2,1-5H3. The van der Waals surface area contributed by atoms with Crippen LogP contribution in [0.4, 0.5) is 0 Å². The van der Waals surface area contributed by atoms with E-state index in [1.54, 1.807) is 7.11 Å². The van der Waals surface area contributed by atoms with Crippen LogP contribution in [0.5, 0.6) is 5.75 Å². The second kappa shape index (κ2) is 5.02. The van der Waals surface area contributed by atoms with E-state index in [4.69, 9.17) is 4.74 Å². The van der Waals surface area contributed by atoms with Crippen LogP contribution < -0.4 is 10.1 Å². The number of methoxy groups -OCH3 is 1. The van der Waals surface area contributed by atoms with Gasteiger partial charge in [-0.3, -0.25) is 0 Å². The molecule has 2 aromatic rings. The maximum absolute atomic E-state index is 5.49. The Morgan fingerprint density at radius 2 is 2.06 bits per heavy atom. The van der Waals surface area contributed by atoms with Crippen LogP contribution in [0.1, 0.15) is 31.0 Å². The molecule has 2 rings (SSSR count). The number of fused-ring (bicyclic) bond motifs is 1. The molecule has 0 saturated heterocycles. The van der Waals surface area contributed by atoms with Crippen molar-refractivity contribution in [1.29, 1.82) is 0 Å². The van der Waals surface area contributed by atoms with Gasteiger partial charge < -0.3 is 14.6 Å². The van der Waals surface area contributed by atoms with E-state index in [-0.39, 0.29) is 0 Å². The summed E-state index contributed by atoms with van der Waals surface area (Å²) in [5.41, 5.74) is 3.95. The van der Waals surface area contributed by atoms with E-state index >= 15 is 0 Å². The summed E-state index contributed by atoms with van der Waals surface area (Å²) >= 11 is 0. The number of rotatable bonds is 4. The van der Waals surface area contributed by atoms with Crippen molar-refractivity contribution in [3.63, 3.8) is 0 Å². The molecule has 0 amide bonds. The van der Waals surface area contributed by atoms with Crippen LogP contribution in [0.2, 0.25) is 0 Å². The van der Waals surface area contributed by atoms with Gasteiger partial charge in [-0.15, -0.1) is 0 Å². The molecule has 0 bridgehead atoms. The van der Waals surface area contributed by atoms with Gasteiger partial charge in [0, 0.05) is 24.7 Å². The highest BCUT2D eigenvalue weighted by Gasteiger charge is 2.19. The Bertz CT molecular complexity index is 555. The fourth-order valence-electron chi connectivity index (χ4n) is 2.75. The zero-order chi connectivity index (χ0) is 13.3. The van der Waals surface area contributed by atoms with E-state index in [1.807, 2.05) is 13.1 Å². The molecule has 1 aromatic carbocycles. The molecule has 1 N–H and O–H groups in total. The first-order valence-corrected chi connectivity index (χ1v) is 6.40. The third kappa shape index (κ3) is 1.89. The van der Waals surface area contributed by atoms with Crippen LogP contribution in [0.15, 0.2) is 18.2 Å². The molecule has 0 unspecified atom stereocenters. The lowest BCUT2D eigenvalue weighted by atomic mass is 9.99. The maximum Gasteiger partial charge on any atom is 0.143 e. The first-order chi connectivity index (χ1) is 8.61. The van der Waals surface area contributed by atoms with E-state index in [0.717, 1.165) is 12.3 Å². The number of hydrogen-bond donors (Lipinski definition) is 1. The van der Waals surface area contributed by atoms with Crippen molar-refractivity contribution >= 4 is 10.9 Å². The lowest BCUT2D eigenvalue weighted by molar-refractivity contribution is 0.417. The molecule has 0 aliphatic heterocycles. The summed E-state index contributed by atoms with van der Waals surface area (Å²) < 4.78 is 7.74. The van der Waals surface area contributed by atoms with Crippen molar-refractivity contribution in [3.8, 4) is 5.75 Å². The van der Waals surface area contributed by atoms with Crippen molar-refractivity contribution in [2.24, 2.45) is 7.05 Å². The Hall–Kier alpha value is -1.48. The quantitative estimate of drug-likeness (QED) is 0.897. The Labute approximate surface area is 109 Å². The molecule has 0 aliphatic rings. The Balaban J connectivity index is 2.82. The smallest absolute Gasteiger partial charge is 0.143 e. The van der Waals surface area contributed by atoms with Crippen LogP contribution >= 0.6 is 0 Å². The summed E-state index contributed by atoms with van der Waals surface area (Å²) in [6.45, 7) is 5.36. The van der Waals surface area contributed by atoms with E-state index < -0.39 is 0 Å². The molecule has 1 heterocycles. The number of aromatic nitrogens is 1. The average Bonchev–Trinajstić information content (AvgIpc) is 2.63. The van der Waals surface area contributed by atoms with E-state index in [9.17, 15) is 0 Å². The highest BCUT2D eigenvalue weighted by molar-refractivity contribution is 5.90. The van der Waals surface area contributed by atoms with Gasteiger partial charge in [0.25, 0.3) is 0 Å². The van der Waals surface area contributed by atoms with Gasteiger partial charge in [-0.2, -0.15) is 0 Å². The van der Waals surface area contributed by atoms with E-state index in [2.05, 4.69) is 42.9 Å². The van der Waals surface area contributed by atoms with Gasteiger partial charge in [0.1, 0.15) is 5.75 Å². The Kier molecular flexibility index (Phi) is 3.62. The molecule has 3 nitrogen and oxygen atoms in total. The fraction of sp³-hybridized carbons (Fsp3) is 0.467. The van der Waals surface area contributed by atoms with Gasteiger partial charge in [-0.25, -0.2) is 0 Å². The molecular weight excluding hydrogens is 224 g/mol. The summed E-state index contributed by atoms with van der Waals surface area (Å²) in [6, 6.07) is 6.28. The normalized spacial score (nSPS) is 11.4. The fourth-order valence-corrected chi connectivity index (χ4v) is 2.75. The number of aryl methyl sites for hydroxylation is 1. The first-order valence-electron chi connectivity index (χ1n) is 6.40. The van der Waals surface area contributed by atoms with Gasteiger partial charge in [-0.05, 0) is 24.6 Å². The van der Waals surface area contributed by atoms with Crippen LogP contribution in [0.25, 0.3) is 10.9 Å². The van der Waals surface area contributed by atoms with Crippen LogP contribution in [0, 0.1) is 0 Å². The molecule has 0 spiro atoms. The van der Waals surface area contributed by atoms with Crippen molar-refractivity contribution in [2.45, 2.75) is 26.3 Å². The first kappa shape index (κ1) is 13.0.